The van der Waals surface area contributed by atoms with Gasteiger partial charge in [-0.3, -0.25) is 0 Å². The summed E-state index contributed by atoms with van der Waals surface area (Å²) in [7, 11) is 0. The monoisotopic (exact) mass is 235 g/mol. The molecule has 0 saturated heterocycles. The summed E-state index contributed by atoms with van der Waals surface area (Å²) in [5.41, 5.74) is 1.44. The van der Waals surface area contributed by atoms with Gasteiger partial charge in [0.25, 0.3) is 0 Å². The van der Waals surface area contributed by atoms with E-state index in [9.17, 15) is 0 Å². The third kappa shape index (κ3) is 4.20. The molecule has 14 heavy (non-hydrogen) atoms. The molecule has 0 amide bonds. The van der Waals surface area contributed by atoms with Gasteiger partial charge in [0.05, 0.1) is 0 Å². The summed E-state index contributed by atoms with van der Waals surface area (Å²) < 4.78 is 0. The van der Waals surface area contributed by atoms with Crippen molar-refractivity contribution in [3.8, 4) is 0 Å². The first-order valence-corrected chi connectivity index (χ1v) is 6.23. The third-order valence-corrected chi connectivity index (χ3v) is 3.63. The van der Waals surface area contributed by atoms with Crippen LogP contribution in [0.5, 0.6) is 0 Å². The van der Waals surface area contributed by atoms with Gasteiger partial charge in [-0.05, 0) is 18.8 Å². The molecule has 0 heterocycles. The molecule has 0 aromatic carbocycles. The summed E-state index contributed by atoms with van der Waals surface area (Å²) in [5, 5.41) is 4.17. The lowest BCUT2D eigenvalue weighted by molar-refractivity contribution is 0.368. The Morgan fingerprint density at radius 1 is 1.36 bits per heavy atom. The molecular weight excluding hydrogens is 217 g/mol. The second-order valence-corrected chi connectivity index (χ2v) is 4.86. The molecule has 3 heteroatoms. The molecule has 1 nitrogen and oxygen atoms in total. The lowest BCUT2D eigenvalue weighted by atomic mass is 9.97. The highest BCUT2D eigenvalue weighted by atomic mass is 35.5. The first-order valence-electron chi connectivity index (χ1n) is 5.42. The zero-order valence-corrected chi connectivity index (χ0v) is 10.2. The van der Waals surface area contributed by atoms with Crippen molar-refractivity contribution in [1.82, 2.24) is 5.32 Å². The van der Waals surface area contributed by atoms with Crippen molar-refractivity contribution in [2.45, 2.75) is 45.1 Å². The van der Waals surface area contributed by atoms with Crippen LogP contribution in [-0.4, -0.2) is 12.6 Å². The normalized spacial score (nSPS) is 30.1. The summed E-state index contributed by atoms with van der Waals surface area (Å²) in [6, 6.07) is 0.614. The van der Waals surface area contributed by atoms with E-state index in [0.717, 1.165) is 5.92 Å². The highest BCUT2D eigenvalue weighted by Crippen LogP contribution is 2.23. The van der Waals surface area contributed by atoms with Gasteiger partial charge in [-0.2, -0.15) is 0 Å². The number of rotatable bonds is 3. The fourth-order valence-electron chi connectivity index (χ4n) is 2.06. The number of nitrogens with one attached hydrogen (secondary N) is 1. The van der Waals surface area contributed by atoms with Gasteiger partial charge in [0.15, 0.2) is 0 Å². The second-order valence-electron chi connectivity index (χ2n) is 4.16. The summed E-state index contributed by atoms with van der Waals surface area (Å²) in [6.07, 6.45) is 6.69. The van der Waals surface area contributed by atoms with Crippen LogP contribution in [0.3, 0.4) is 0 Å². The predicted molar refractivity (Wildman–Crippen MR) is 63.8 cm³/mol. The van der Waals surface area contributed by atoms with E-state index in [-0.39, 0.29) is 0 Å². The van der Waals surface area contributed by atoms with E-state index in [0.29, 0.717) is 17.6 Å². The van der Waals surface area contributed by atoms with Crippen LogP contribution in [-0.2, 0) is 0 Å². The van der Waals surface area contributed by atoms with Crippen molar-refractivity contribution in [1.29, 1.82) is 0 Å². The Morgan fingerprint density at radius 3 is 2.79 bits per heavy atom. The maximum Gasteiger partial charge on any atom is 0.0432 e. The molecule has 2 unspecified atom stereocenters. The van der Waals surface area contributed by atoms with E-state index >= 15 is 0 Å². The summed E-state index contributed by atoms with van der Waals surface area (Å²) in [5.74, 6) is 0.761. The fourth-order valence-corrected chi connectivity index (χ4v) is 2.22. The Kier molecular flexibility index (Phi) is 5.92. The second kappa shape index (κ2) is 6.71. The summed E-state index contributed by atoms with van der Waals surface area (Å²) >= 11 is 11.3. The van der Waals surface area contributed by atoms with Crippen LogP contribution in [0, 0.1) is 5.92 Å². The van der Waals surface area contributed by atoms with Crippen molar-refractivity contribution in [2.24, 2.45) is 5.92 Å². The SMILES string of the molecule is CC1CCCCCC1NCC(Cl)=CCl. The number of halogens is 2. The minimum absolute atomic E-state index is 0.614. The van der Waals surface area contributed by atoms with Crippen LogP contribution < -0.4 is 5.32 Å². The van der Waals surface area contributed by atoms with E-state index in [1.807, 2.05) is 0 Å². The Morgan fingerprint density at radius 2 is 2.07 bits per heavy atom. The largest absolute Gasteiger partial charge is 0.309 e. The standard InChI is InChI=1S/C11H19Cl2N/c1-9-5-3-2-4-6-11(9)14-8-10(13)7-12/h7,9,11,14H,2-6,8H2,1H3. The molecule has 0 aliphatic heterocycles. The van der Waals surface area contributed by atoms with Gasteiger partial charge in [0.2, 0.25) is 0 Å². The number of hydrogen-bond donors (Lipinski definition) is 1. The van der Waals surface area contributed by atoms with E-state index in [1.165, 1.54) is 37.6 Å². The molecule has 0 aromatic rings. The topological polar surface area (TPSA) is 12.0 Å². The fraction of sp³-hybridized carbons (Fsp3) is 0.818. The van der Waals surface area contributed by atoms with Crippen molar-refractivity contribution in [3.63, 3.8) is 0 Å². The molecule has 82 valence electrons. The first kappa shape index (κ1) is 12.4. The van der Waals surface area contributed by atoms with Gasteiger partial charge in [0.1, 0.15) is 0 Å². The molecule has 0 radical (unpaired) electrons. The molecule has 2 atom stereocenters. The van der Waals surface area contributed by atoms with Crippen LogP contribution in [0.2, 0.25) is 0 Å². The van der Waals surface area contributed by atoms with E-state index in [4.69, 9.17) is 23.2 Å². The van der Waals surface area contributed by atoms with Gasteiger partial charge in [0, 0.05) is 23.2 Å². The highest BCUT2D eigenvalue weighted by Gasteiger charge is 2.18. The first-order chi connectivity index (χ1) is 6.74. The average Bonchev–Trinajstić information content (AvgIpc) is 2.39. The Bertz CT molecular complexity index is 192. The highest BCUT2D eigenvalue weighted by molar-refractivity contribution is 6.36. The molecule has 0 bridgehead atoms. The zero-order chi connectivity index (χ0) is 10.4. The van der Waals surface area contributed by atoms with Crippen LogP contribution in [0.4, 0.5) is 0 Å². The minimum Gasteiger partial charge on any atom is -0.309 e. The molecule has 1 rings (SSSR count). The van der Waals surface area contributed by atoms with Crippen molar-refractivity contribution >= 4 is 23.2 Å². The Hall–Kier alpha value is 0.280. The van der Waals surface area contributed by atoms with Crippen LogP contribution in [0.1, 0.15) is 39.0 Å². The molecule has 1 aliphatic rings. The molecular formula is C11H19Cl2N. The molecule has 1 aliphatic carbocycles. The average molecular weight is 236 g/mol. The summed E-state index contributed by atoms with van der Waals surface area (Å²) in [6.45, 7) is 3.03. The summed E-state index contributed by atoms with van der Waals surface area (Å²) in [4.78, 5) is 0. The Balaban J connectivity index is 2.33. The van der Waals surface area contributed by atoms with Gasteiger partial charge < -0.3 is 5.32 Å². The lowest BCUT2D eigenvalue weighted by Gasteiger charge is -2.22. The van der Waals surface area contributed by atoms with Crippen LogP contribution in [0.15, 0.2) is 10.6 Å². The van der Waals surface area contributed by atoms with Gasteiger partial charge in [-0.1, -0.05) is 49.4 Å². The lowest BCUT2D eigenvalue weighted by Crippen LogP contribution is -2.35. The van der Waals surface area contributed by atoms with Gasteiger partial charge >= 0.3 is 0 Å². The van der Waals surface area contributed by atoms with E-state index in [2.05, 4.69) is 12.2 Å². The minimum atomic E-state index is 0.614. The quantitative estimate of drug-likeness (QED) is 0.733. The Labute approximate surface area is 96.8 Å². The van der Waals surface area contributed by atoms with Crippen molar-refractivity contribution < 1.29 is 0 Å². The third-order valence-electron chi connectivity index (χ3n) is 3.01. The van der Waals surface area contributed by atoms with Gasteiger partial charge in [-0.25, -0.2) is 0 Å². The van der Waals surface area contributed by atoms with E-state index in [1.54, 1.807) is 0 Å². The molecule has 0 aromatic heterocycles. The maximum atomic E-state index is 5.84. The van der Waals surface area contributed by atoms with Gasteiger partial charge in [-0.15, -0.1) is 0 Å². The maximum absolute atomic E-state index is 5.84. The van der Waals surface area contributed by atoms with Crippen molar-refractivity contribution in [3.05, 3.63) is 10.6 Å². The van der Waals surface area contributed by atoms with Crippen molar-refractivity contribution in [2.75, 3.05) is 6.54 Å². The predicted octanol–water partition coefficient (Wildman–Crippen LogP) is 3.86. The smallest absolute Gasteiger partial charge is 0.0432 e. The zero-order valence-electron chi connectivity index (χ0n) is 8.73. The van der Waals surface area contributed by atoms with E-state index < -0.39 is 0 Å². The van der Waals surface area contributed by atoms with Crippen LogP contribution in [0.25, 0.3) is 0 Å². The number of hydrogen-bond acceptors (Lipinski definition) is 1. The molecule has 1 fully saturated rings. The molecule has 1 saturated carbocycles. The van der Waals surface area contributed by atoms with Crippen LogP contribution >= 0.6 is 23.2 Å². The molecule has 1 N–H and O–H groups in total. The molecule has 0 spiro atoms.